The molecule has 4 rings (SSSR count). The SMILES string of the molecule is CCC1=C(C)/C(=C/c2[nH]c(C)c(C)c2CCC(=O)OC)[NH+]=C1CC1=[NH+]/C(=C/c2[nH]c(C)c(C)c2CCC(=O)OC)C(C)=C1CC.[Br-].[Br-]. The van der Waals surface area contributed by atoms with Crippen LogP contribution in [0.4, 0.5) is 0 Å². The third-order valence-corrected chi connectivity index (χ3v) is 9.59. The second-order valence-corrected chi connectivity index (χ2v) is 12.1. The first kappa shape index (κ1) is 39.9. The molecule has 0 radical (unpaired) electrons. The Kier molecular flexibility index (Phi) is 14.7. The van der Waals surface area contributed by atoms with E-state index in [9.17, 15) is 9.59 Å². The average Bonchev–Trinajstić information content (AvgIpc) is 3.67. The van der Waals surface area contributed by atoms with Crippen molar-refractivity contribution in [2.24, 2.45) is 0 Å². The summed E-state index contributed by atoms with van der Waals surface area (Å²) < 4.78 is 9.79. The molecule has 10 heteroatoms. The van der Waals surface area contributed by atoms with E-state index in [0.717, 1.165) is 64.6 Å². The number of aryl methyl sites for hydroxylation is 2. The van der Waals surface area contributed by atoms with Crippen LogP contribution in [0.25, 0.3) is 12.2 Å². The predicted octanol–water partition coefficient (Wildman–Crippen LogP) is -1.91. The van der Waals surface area contributed by atoms with Crippen LogP contribution in [0.1, 0.15) is 105 Å². The monoisotopic (exact) mass is 772 g/mol. The molecule has 47 heavy (non-hydrogen) atoms. The number of hydrogen-bond donors (Lipinski definition) is 4. The predicted molar refractivity (Wildman–Crippen MR) is 180 cm³/mol. The molecule has 0 aromatic carbocycles. The Morgan fingerprint density at radius 3 is 1.34 bits per heavy atom. The highest BCUT2D eigenvalue weighted by Gasteiger charge is 2.34. The minimum absolute atomic E-state index is 0. The molecule has 256 valence electrons. The number of carbonyl (C=O) groups excluding carboxylic acids is 2. The maximum Gasteiger partial charge on any atom is 0.305 e. The van der Waals surface area contributed by atoms with Gasteiger partial charge in [0.25, 0.3) is 0 Å². The molecule has 0 unspecified atom stereocenters. The summed E-state index contributed by atoms with van der Waals surface area (Å²) in [6.45, 7) is 17.1. The molecule has 8 nitrogen and oxygen atoms in total. The Morgan fingerprint density at radius 2 is 1.02 bits per heavy atom. The largest absolute Gasteiger partial charge is 1.00 e. The van der Waals surface area contributed by atoms with Gasteiger partial charge in [-0.15, -0.1) is 0 Å². The van der Waals surface area contributed by atoms with E-state index in [4.69, 9.17) is 9.47 Å². The molecule has 0 saturated heterocycles. The van der Waals surface area contributed by atoms with Gasteiger partial charge in [0.05, 0.1) is 14.2 Å². The first-order valence-corrected chi connectivity index (χ1v) is 16.0. The number of nitrogens with one attached hydrogen (secondary N) is 4. The maximum absolute atomic E-state index is 11.9. The van der Waals surface area contributed by atoms with Crippen LogP contribution in [-0.4, -0.2) is 47.5 Å². The van der Waals surface area contributed by atoms with Gasteiger partial charge < -0.3 is 53.4 Å². The topological polar surface area (TPSA) is 112 Å². The van der Waals surface area contributed by atoms with E-state index in [1.165, 1.54) is 59.1 Å². The van der Waals surface area contributed by atoms with Crippen LogP contribution in [0.5, 0.6) is 0 Å². The lowest BCUT2D eigenvalue weighted by Crippen LogP contribution is -3.00. The molecule has 0 aliphatic carbocycles. The zero-order valence-corrected chi connectivity index (χ0v) is 32.7. The van der Waals surface area contributed by atoms with E-state index in [0.29, 0.717) is 25.7 Å². The van der Waals surface area contributed by atoms with Crippen LogP contribution in [0.2, 0.25) is 0 Å². The van der Waals surface area contributed by atoms with Crippen LogP contribution in [-0.2, 0) is 31.9 Å². The second kappa shape index (κ2) is 17.2. The molecule has 0 fully saturated rings. The number of allylic oxidation sites excluding steroid dienone is 4. The van der Waals surface area contributed by atoms with Gasteiger partial charge >= 0.3 is 11.9 Å². The molecule has 4 N–H and O–H groups in total. The highest BCUT2D eigenvalue weighted by molar-refractivity contribution is 6.15. The van der Waals surface area contributed by atoms with Gasteiger partial charge in [-0.05, 0) is 89.5 Å². The van der Waals surface area contributed by atoms with Crippen LogP contribution < -0.4 is 43.9 Å². The Morgan fingerprint density at radius 1 is 0.660 bits per heavy atom. The van der Waals surface area contributed by atoms with Crippen molar-refractivity contribution < 1.29 is 63.0 Å². The van der Waals surface area contributed by atoms with Crippen molar-refractivity contribution in [2.75, 3.05) is 14.2 Å². The fraction of sp³-hybridized carbons (Fsp3) is 0.459. The van der Waals surface area contributed by atoms with E-state index in [2.05, 4.69) is 87.5 Å². The van der Waals surface area contributed by atoms with Crippen molar-refractivity contribution in [3.8, 4) is 0 Å². The number of rotatable bonds is 12. The van der Waals surface area contributed by atoms with Gasteiger partial charge in [-0.1, -0.05) is 13.8 Å². The third-order valence-electron chi connectivity index (χ3n) is 9.59. The normalized spacial score (nSPS) is 16.0. The molecule has 2 aromatic heterocycles. The van der Waals surface area contributed by atoms with Crippen molar-refractivity contribution in [1.82, 2.24) is 9.97 Å². The molecule has 0 atom stereocenters. The van der Waals surface area contributed by atoms with Crippen LogP contribution >= 0.6 is 0 Å². The number of halogens is 2. The number of aromatic nitrogens is 2. The van der Waals surface area contributed by atoms with Gasteiger partial charge in [0.2, 0.25) is 11.4 Å². The lowest BCUT2D eigenvalue weighted by molar-refractivity contribution is -0.393. The Hall–Kier alpha value is -3.24. The summed E-state index contributed by atoms with van der Waals surface area (Å²) in [6, 6.07) is 0. The minimum Gasteiger partial charge on any atom is -1.00 e. The first-order valence-electron chi connectivity index (χ1n) is 16.0. The average molecular weight is 775 g/mol. The van der Waals surface area contributed by atoms with Crippen LogP contribution in [0, 0.1) is 27.7 Å². The fourth-order valence-corrected chi connectivity index (χ4v) is 6.60. The molecule has 0 saturated carbocycles. The Bertz CT molecular complexity index is 1590. The number of ether oxygens (including phenoxy) is 2. The van der Waals surface area contributed by atoms with Gasteiger partial charge in [-0.2, -0.15) is 0 Å². The summed E-state index contributed by atoms with van der Waals surface area (Å²) >= 11 is 0. The summed E-state index contributed by atoms with van der Waals surface area (Å²) in [6.07, 6.45) is 8.97. The smallest absolute Gasteiger partial charge is 0.305 e. The van der Waals surface area contributed by atoms with Crippen molar-refractivity contribution in [3.63, 3.8) is 0 Å². The van der Waals surface area contributed by atoms with Crippen LogP contribution in [0.15, 0.2) is 33.7 Å². The molecular formula is C37H50Br2N4O4. The summed E-state index contributed by atoms with van der Waals surface area (Å²) in [7, 11) is 2.87. The van der Waals surface area contributed by atoms with E-state index in [1.54, 1.807) is 0 Å². The van der Waals surface area contributed by atoms with Crippen LogP contribution in [0.3, 0.4) is 0 Å². The summed E-state index contributed by atoms with van der Waals surface area (Å²) in [5.41, 5.74) is 18.7. The number of carbonyl (C=O) groups is 2. The number of aromatic amines is 2. The van der Waals surface area contributed by atoms with Crippen molar-refractivity contribution in [1.29, 1.82) is 0 Å². The van der Waals surface area contributed by atoms with Crippen molar-refractivity contribution in [3.05, 3.63) is 78.7 Å². The molecule has 4 heterocycles. The van der Waals surface area contributed by atoms with Gasteiger partial charge in [0.1, 0.15) is 6.42 Å². The van der Waals surface area contributed by atoms with Crippen molar-refractivity contribution >= 4 is 35.5 Å². The van der Waals surface area contributed by atoms with E-state index >= 15 is 0 Å². The first-order chi connectivity index (χ1) is 21.4. The summed E-state index contributed by atoms with van der Waals surface area (Å²) in [4.78, 5) is 38.4. The van der Waals surface area contributed by atoms with Crippen molar-refractivity contribution in [2.45, 2.75) is 100 Å². The highest BCUT2D eigenvalue weighted by Crippen LogP contribution is 2.28. The second-order valence-electron chi connectivity index (χ2n) is 12.1. The van der Waals surface area contributed by atoms with Gasteiger partial charge in [-0.3, -0.25) is 9.59 Å². The molecule has 2 aromatic rings. The minimum atomic E-state index is -0.200. The van der Waals surface area contributed by atoms with E-state index in [-0.39, 0.29) is 45.9 Å². The molecule has 0 amide bonds. The number of hydrogen-bond acceptors (Lipinski definition) is 4. The lowest BCUT2D eigenvalue weighted by atomic mass is 9.94. The summed E-state index contributed by atoms with van der Waals surface area (Å²) in [5.74, 6) is -0.399. The molecular weight excluding hydrogens is 724 g/mol. The number of esters is 2. The van der Waals surface area contributed by atoms with Gasteiger partial charge in [0.15, 0.2) is 11.4 Å². The fourth-order valence-electron chi connectivity index (χ4n) is 6.60. The maximum atomic E-state index is 11.9. The number of methoxy groups -OCH3 is 2. The molecule has 2 aliphatic rings. The molecule has 2 aliphatic heterocycles. The van der Waals surface area contributed by atoms with Gasteiger partial charge in [0, 0.05) is 70.1 Å². The van der Waals surface area contributed by atoms with Gasteiger partial charge in [-0.25, -0.2) is 9.98 Å². The lowest BCUT2D eigenvalue weighted by Gasteiger charge is -2.02. The quantitative estimate of drug-likeness (QED) is 0.189. The summed E-state index contributed by atoms with van der Waals surface area (Å²) in [5, 5.41) is 0. The molecule has 0 bridgehead atoms. The third kappa shape index (κ3) is 8.62. The standard InChI is InChI=1S/C37H48N4O4.2BrH/c1-11-26-22(5)30(17-34-28(13-15-36(42)44-9)20(3)24(7)38-34)40-32(26)19-33-27(12-2)23(6)31(41-33)18-35-29(14-16-37(43)45-10)21(4)25(8)39-35;;/h17-18,38-39H,11-16,19H2,1-10H3;2*1H/b30-17-,31-18+;;. The zero-order valence-electron chi connectivity index (χ0n) is 29.5. The van der Waals surface area contributed by atoms with E-state index < -0.39 is 0 Å². The Balaban J connectivity index is 0.00000384. The highest BCUT2D eigenvalue weighted by atomic mass is 79.9. The Labute approximate surface area is 300 Å². The molecule has 0 spiro atoms. The number of H-pyrrole nitrogens is 2. The zero-order chi connectivity index (χ0) is 33.0. The van der Waals surface area contributed by atoms with E-state index in [1.807, 2.05) is 0 Å².